The minimum atomic E-state index is -1.19. The maximum Gasteiger partial charge on any atom is 0.326 e. The smallest absolute Gasteiger partial charge is 0.326 e. The van der Waals surface area contributed by atoms with Gasteiger partial charge in [-0.1, -0.05) is 13.8 Å². The Hall–Kier alpha value is -3.13. The van der Waals surface area contributed by atoms with Crippen molar-refractivity contribution in [3.63, 3.8) is 0 Å². The molecular formula is C21H34N6O7S. The Morgan fingerprint density at radius 1 is 1.03 bits per heavy atom. The molecule has 8 N–H and O–H groups in total. The molecule has 35 heavy (non-hydrogen) atoms. The summed E-state index contributed by atoms with van der Waals surface area (Å²) in [5.74, 6) is -4.24. The Kier molecular flexibility index (Phi) is 12.8. The fraction of sp³-hybridized carbons (Fsp3) is 0.619. The number of nitrogens with one attached hydrogen (secondary N) is 4. The Balaban J connectivity index is 2.98. The van der Waals surface area contributed by atoms with E-state index in [4.69, 9.17) is 10.8 Å². The van der Waals surface area contributed by atoms with Crippen LogP contribution in [0.2, 0.25) is 0 Å². The third kappa shape index (κ3) is 10.8. The van der Waals surface area contributed by atoms with Crippen LogP contribution in [-0.4, -0.2) is 86.0 Å². The van der Waals surface area contributed by atoms with Gasteiger partial charge in [0.05, 0.1) is 12.4 Å². The highest BCUT2D eigenvalue weighted by Crippen LogP contribution is 2.08. The number of carboxylic acid groups (broad SMARTS) is 2. The van der Waals surface area contributed by atoms with Gasteiger partial charge < -0.3 is 36.9 Å². The number of aliphatic carboxylic acids is 2. The van der Waals surface area contributed by atoms with Crippen LogP contribution in [0.15, 0.2) is 12.5 Å². The van der Waals surface area contributed by atoms with Crippen molar-refractivity contribution in [1.29, 1.82) is 0 Å². The zero-order valence-electron chi connectivity index (χ0n) is 19.9. The van der Waals surface area contributed by atoms with Crippen LogP contribution < -0.4 is 21.7 Å². The van der Waals surface area contributed by atoms with Gasteiger partial charge in [-0.3, -0.25) is 19.2 Å². The predicted octanol–water partition coefficient (Wildman–Crippen LogP) is -0.908. The van der Waals surface area contributed by atoms with Crippen molar-refractivity contribution in [1.82, 2.24) is 25.9 Å². The fourth-order valence-electron chi connectivity index (χ4n) is 3.06. The molecule has 0 aliphatic rings. The molecule has 0 fully saturated rings. The van der Waals surface area contributed by atoms with Gasteiger partial charge in [-0.25, -0.2) is 9.78 Å². The average Bonchev–Trinajstić information content (AvgIpc) is 3.30. The quantitative estimate of drug-likeness (QED) is 0.144. The minimum Gasteiger partial charge on any atom is -0.481 e. The highest BCUT2D eigenvalue weighted by atomic mass is 32.2. The Morgan fingerprint density at radius 2 is 1.69 bits per heavy atom. The van der Waals surface area contributed by atoms with Crippen LogP contribution in [-0.2, 0) is 30.4 Å². The number of nitrogens with two attached hydrogens (primary N) is 1. The molecular weight excluding hydrogens is 480 g/mol. The van der Waals surface area contributed by atoms with Crippen molar-refractivity contribution in [2.45, 2.75) is 63.7 Å². The van der Waals surface area contributed by atoms with Crippen molar-refractivity contribution >= 4 is 41.4 Å². The lowest BCUT2D eigenvalue weighted by Crippen LogP contribution is -2.59. The van der Waals surface area contributed by atoms with E-state index in [9.17, 15) is 29.1 Å². The first kappa shape index (κ1) is 29.9. The number of carbonyl (C=O) groups is 5. The maximum absolute atomic E-state index is 13.1. The van der Waals surface area contributed by atoms with E-state index in [0.29, 0.717) is 11.4 Å². The molecule has 0 radical (unpaired) electrons. The van der Waals surface area contributed by atoms with Crippen LogP contribution in [0, 0.1) is 5.92 Å². The second kappa shape index (κ2) is 15.0. The molecule has 0 spiro atoms. The highest BCUT2D eigenvalue weighted by Gasteiger charge is 2.32. The Morgan fingerprint density at radius 3 is 2.20 bits per heavy atom. The van der Waals surface area contributed by atoms with Gasteiger partial charge in [0.25, 0.3) is 0 Å². The number of hydrogen-bond acceptors (Lipinski definition) is 8. The van der Waals surface area contributed by atoms with Crippen molar-refractivity contribution < 1.29 is 34.2 Å². The summed E-state index contributed by atoms with van der Waals surface area (Å²) in [6.07, 6.45) is 4.48. The van der Waals surface area contributed by atoms with Crippen molar-refractivity contribution in [2.24, 2.45) is 11.7 Å². The number of carboxylic acids is 2. The monoisotopic (exact) mass is 514 g/mol. The molecule has 0 aliphatic heterocycles. The first-order valence-electron chi connectivity index (χ1n) is 11.0. The number of nitrogens with zero attached hydrogens (tertiary/aromatic N) is 1. The van der Waals surface area contributed by atoms with Crippen LogP contribution in [0.25, 0.3) is 0 Å². The zero-order chi connectivity index (χ0) is 26.5. The number of carbonyl (C=O) groups excluding carboxylic acids is 3. The molecule has 0 aromatic carbocycles. The maximum atomic E-state index is 13.1. The average molecular weight is 515 g/mol. The molecule has 1 aromatic rings. The van der Waals surface area contributed by atoms with Gasteiger partial charge in [0.15, 0.2) is 0 Å². The lowest BCUT2D eigenvalue weighted by atomic mass is 10.0. The highest BCUT2D eigenvalue weighted by molar-refractivity contribution is 7.98. The van der Waals surface area contributed by atoms with Crippen LogP contribution in [0.1, 0.15) is 38.8 Å². The lowest BCUT2D eigenvalue weighted by molar-refractivity contribution is -0.142. The van der Waals surface area contributed by atoms with E-state index >= 15 is 0 Å². The van der Waals surface area contributed by atoms with E-state index in [1.165, 1.54) is 24.3 Å². The summed E-state index contributed by atoms with van der Waals surface area (Å²) in [4.78, 5) is 67.4. The van der Waals surface area contributed by atoms with Crippen LogP contribution in [0.5, 0.6) is 0 Å². The summed E-state index contributed by atoms with van der Waals surface area (Å²) in [6, 6.07) is -4.49. The molecule has 4 unspecified atom stereocenters. The number of thioether (sulfide) groups is 1. The molecule has 1 heterocycles. The molecule has 0 saturated heterocycles. The third-order valence-electron chi connectivity index (χ3n) is 5.09. The minimum absolute atomic E-state index is 0.00330. The Bertz CT molecular complexity index is 864. The number of amides is 3. The third-order valence-corrected chi connectivity index (χ3v) is 5.73. The Labute approximate surface area is 207 Å². The second-order valence-corrected chi connectivity index (χ2v) is 9.28. The second-order valence-electron chi connectivity index (χ2n) is 8.29. The number of H-pyrrole nitrogens is 1. The zero-order valence-corrected chi connectivity index (χ0v) is 20.8. The molecule has 196 valence electrons. The van der Waals surface area contributed by atoms with Gasteiger partial charge in [-0.2, -0.15) is 11.8 Å². The lowest BCUT2D eigenvalue weighted by Gasteiger charge is -2.27. The van der Waals surface area contributed by atoms with E-state index < -0.39 is 59.7 Å². The standard InChI is InChI=1S/C21H34N6O7S/c1-11(2)17(27-18(30)13(22)4-5-16(28)29)20(32)26-15(8-12-9-23-10-24-12)19(31)25-14(21(33)34)6-7-35-3/h9-11,13-15,17H,4-8,22H2,1-3H3,(H,23,24)(H,25,31)(H,26,32)(H,27,30)(H,28,29)(H,33,34). The predicted molar refractivity (Wildman–Crippen MR) is 128 cm³/mol. The van der Waals surface area contributed by atoms with Crippen molar-refractivity contribution in [2.75, 3.05) is 12.0 Å². The molecule has 0 bridgehead atoms. The largest absolute Gasteiger partial charge is 0.481 e. The van der Waals surface area contributed by atoms with Gasteiger partial charge in [-0.05, 0) is 30.8 Å². The van der Waals surface area contributed by atoms with Gasteiger partial charge in [0.1, 0.15) is 18.1 Å². The fourth-order valence-corrected chi connectivity index (χ4v) is 3.53. The molecule has 1 aromatic heterocycles. The SMILES string of the molecule is CSCCC(NC(=O)C(Cc1cnc[nH]1)NC(=O)C(NC(=O)C(N)CCC(=O)O)C(C)C)C(=O)O. The molecule has 4 atom stereocenters. The van der Waals surface area contributed by atoms with Gasteiger partial charge >= 0.3 is 11.9 Å². The number of imidazole rings is 1. The first-order valence-corrected chi connectivity index (χ1v) is 12.4. The topological polar surface area (TPSA) is 217 Å². The van der Waals surface area contributed by atoms with Crippen LogP contribution in [0.3, 0.4) is 0 Å². The van der Waals surface area contributed by atoms with E-state index in [1.807, 2.05) is 6.26 Å². The number of hydrogen-bond donors (Lipinski definition) is 7. The summed E-state index contributed by atoms with van der Waals surface area (Å²) in [6.45, 7) is 3.36. The summed E-state index contributed by atoms with van der Waals surface area (Å²) in [7, 11) is 0. The molecule has 3 amide bonds. The first-order chi connectivity index (χ1) is 16.5. The van der Waals surface area contributed by atoms with E-state index in [0.717, 1.165) is 0 Å². The van der Waals surface area contributed by atoms with E-state index in [1.54, 1.807) is 13.8 Å². The van der Waals surface area contributed by atoms with E-state index in [-0.39, 0.29) is 25.7 Å². The van der Waals surface area contributed by atoms with Crippen molar-refractivity contribution in [3.8, 4) is 0 Å². The summed E-state index contributed by atoms with van der Waals surface area (Å²) in [5, 5.41) is 25.8. The number of rotatable bonds is 16. The summed E-state index contributed by atoms with van der Waals surface area (Å²) >= 11 is 1.44. The molecule has 1 rings (SSSR count). The van der Waals surface area contributed by atoms with Crippen LogP contribution in [0.4, 0.5) is 0 Å². The molecule has 14 heteroatoms. The summed E-state index contributed by atoms with van der Waals surface area (Å²) in [5.41, 5.74) is 6.27. The number of aromatic amines is 1. The van der Waals surface area contributed by atoms with Gasteiger partial charge in [0, 0.05) is 24.7 Å². The van der Waals surface area contributed by atoms with Gasteiger partial charge in [0.2, 0.25) is 17.7 Å². The van der Waals surface area contributed by atoms with Gasteiger partial charge in [-0.15, -0.1) is 0 Å². The molecule has 0 aliphatic carbocycles. The number of aromatic nitrogens is 2. The molecule has 0 saturated carbocycles. The van der Waals surface area contributed by atoms with Crippen LogP contribution >= 0.6 is 11.8 Å². The summed E-state index contributed by atoms with van der Waals surface area (Å²) < 4.78 is 0. The van der Waals surface area contributed by atoms with Crippen molar-refractivity contribution in [3.05, 3.63) is 18.2 Å². The van der Waals surface area contributed by atoms with E-state index in [2.05, 4.69) is 25.9 Å². The normalized spacial score (nSPS) is 14.4. The molecule has 13 nitrogen and oxygen atoms in total.